The van der Waals surface area contributed by atoms with Gasteiger partial charge in [-0.1, -0.05) is 30.1 Å². The Morgan fingerprint density at radius 3 is 2.59 bits per heavy atom. The average Bonchev–Trinajstić information content (AvgIpc) is 2.87. The molecule has 0 bridgehead atoms. The van der Waals surface area contributed by atoms with Crippen LogP contribution in [-0.2, 0) is 20.7 Å². The zero-order chi connectivity index (χ0) is 19.4. The van der Waals surface area contributed by atoms with E-state index in [1.165, 1.54) is 0 Å². The number of esters is 1. The molecular weight excluding hydrogens is 387 g/mol. The van der Waals surface area contributed by atoms with Crippen molar-refractivity contribution in [3.8, 4) is 5.75 Å². The molecule has 4 rings (SSSR count). The Labute approximate surface area is 168 Å². The van der Waals surface area contributed by atoms with Gasteiger partial charge in [0.05, 0.1) is 11.6 Å². The van der Waals surface area contributed by atoms with E-state index < -0.39 is 5.60 Å². The Morgan fingerprint density at radius 2 is 1.96 bits per heavy atom. The van der Waals surface area contributed by atoms with Crippen LogP contribution < -0.4 is 4.74 Å². The van der Waals surface area contributed by atoms with Crippen LogP contribution in [0.4, 0.5) is 0 Å². The number of rotatable bonds is 4. The van der Waals surface area contributed by atoms with Crippen molar-refractivity contribution in [3.05, 3.63) is 33.3 Å². The van der Waals surface area contributed by atoms with Crippen LogP contribution in [0.2, 0.25) is 10.0 Å². The van der Waals surface area contributed by atoms with Crippen LogP contribution in [0.15, 0.2) is 12.1 Å². The van der Waals surface area contributed by atoms with Crippen LogP contribution >= 0.6 is 23.2 Å². The minimum Gasteiger partial charge on any atom is -0.474 e. The zero-order valence-electron chi connectivity index (χ0n) is 15.5. The Morgan fingerprint density at radius 1 is 1.22 bits per heavy atom. The second-order valence-electron chi connectivity index (χ2n) is 7.97. The van der Waals surface area contributed by atoms with E-state index in [1.54, 1.807) is 13.0 Å². The zero-order valence-corrected chi connectivity index (χ0v) is 17.0. The molecule has 0 amide bonds. The molecule has 0 aliphatic heterocycles. The summed E-state index contributed by atoms with van der Waals surface area (Å²) >= 11 is 13.2. The van der Waals surface area contributed by atoms with Gasteiger partial charge in [-0.3, -0.25) is 4.79 Å². The third-order valence-electron chi connectivity index (χ3n) is 6.10. The molecule has 0 radical (unpaired) electrons. The van der Waals surface area contributed by atoms with Gasteiger partial charge in [-0.25, -0.2) is 4.79 Å². The Balaban J connectivity index is 1.74. The molecule has 1 saturated carbocycles. The normalized spacial score (nSPS) is 25.2. The Hall–Kier alpha value is -1.52. The molecule has 6 heteroatoms. The molecular formula is C21H22Cl2O4. The van der Waals surface area contributed by atoms with Crippen LogP contribution in [0.1, 0.15) is 57.1 Å². The van der Waals surface area contributed by atoms with Crippen LogP contribution in [-0.4, -0.2) is 24.0 Å². The van der Waals surface area contributed by atoms with Crippen molar-refractivity contribution in [1.82, 2.24) is 0 Å². The lowest BCUT2D eigenvalue weighted by Gasteiger charge is -2.39. The lowest BCUT2D eigenvalue weighted by atomic mass is 9.74. The molecule has 0 saturated heterocycles. The van der Waals surface area contributed by atoms with Gasteiger partial charge in [-0.15, -0.1) is 0 Å². The summed E-state index contributed by atoms with van der Waals surface area (Å²) in [5.74, 6) is 0.193. The van der Waals surface area contributed by atoms with Crippen LogP contribution in [0.25, 0.3) is 5.57 Å². The average molecular weight is 409 g/mol. The minimum absolute atomic E-state index is 0.114. The number of ketones is 1. The van der Waals surface area contributed by atoms with Crippen molar-refractivity contribution in [2.24, 2.45) is 5.41 Å². The SMILES string of the molecule is CCOC(=O)C1(Oc2cc3c(c(Cl)c2Cl)C2=CC(=O)CCC2(C)C3)CCC1. The first-order chi connectivity index (χ1) is 12.8. The molecule has 4 nitrogen and oxygen atoms in total. The third-order valence-corrected chi connectivity index (χ3v) is 6.95. The van der Waals surface area contributed by atoms with E-state index in [1.807, 2.05) is 6.07 Å². The van der Waals surface area contributed by atoms with Gasteiger partial charge in [-0.05, 0) is 67.7 Å². The number of hydrogen-bond acceptors (Lipinski definition) is 4. The highest BCUT2D eigenvalue weighted by atomic mass is 35.5. The maximum absolute atomic E-state index is 12.4. The van der Waals surface area contributed by atoms with Gasteiger partial charge in [0.15, 0.2) is 5.78 Å². The number of carbonyl (C=O) groups is 2. The number of carbonyl (C=O) groups excluding carboxylic acids is 2. The molecule has 1 fully saturated rings. The number of halogens is 2. The largest absolute Gasteiger partial charge is 0.474 e. The summed E-state index contributed by atoms with van der Waals surface area (Å²) in [5, 5.41) is 0.682. The number of hydrogen-bond donors (Lipinski definition) is 0. The van der Waals surface area contributed by atoms with Crippen LogP contribution in [0, 0.1) is 5.41 Å². The van der Waals surface area contributed by atoms with Gasteiger partial charge in [0.1, 0.15) is 10.8 Å². The van der Waals surface area contributed by atoms with E-state index >= 15 is 0 Å². The van der Waals surface area contributed by atoms with Gasteiger partial charge in [0.2, 0.25) is 5.60 Å². The third kappa shape index (κ3) is 2.89. The highest BCUT2D eigenvalue weighted by Crippen LogP contribution is 2.56. The van der Waals surface area contributed by atoms with E-state index in [2.05, 4.69) is 6.92 Å². The Bertz CT molecular complexity index is 869. The quantitative estimate of drug-likeness (QED) is 0.644. The van der Waals surface area contributed by atoms with Gasteiger partial charge in [0, 0.05) is 12.0 Å². The standard InChI is InChI=1S/C21H22Cl2O4/c1-3-26-19(25)21(6-4-7-21)27-15-9-12-11-20(2)8-5-13(24)10-14(20)16(12)18(23)17(15)22/h9-10H,3-8,11H2,1-2H3. The number of fused-ring (bicyclic) bond motifs is 3. The highest BCUT2D eigenvalue weighted by molar-refractivity contribution is 6.44. The highest BCUT2D eigenvalue weighted by Gasteiger charge is 2.49. The maximum atomic E-state index is 12.4. The minimum atomic E-state index is -0.971. The smallest absolute Gasteiger partial charge is 0.350 e. The number of allylic oxidation sites excluding steroid dienone is 2. The summed E-state index contributed by atoms with van der Waals surface area (Å²) < 4.78 is 11.3. The predicted octanol–water partition coefficient (Wildman–Crippen LogP) is 5.17. The molecule has 1 atom stereocenters. The van der Waals surface area contributed by atoms with Crippen LogP contribution in [0.5, 0.6) is 5.75 Å². The summed E-state index contributed by atoms with van der Waals surface area (Å²) in [6.07, 6.45) is 5.95. The fourth-order valence-electron chi connectivity index (χ4n) is 4.40. The summed E-state index contributed by atoms with van der Waals surface area (Å²) in [5.41, 5.74) is 1.75. The fraction of sp³-hybridized carbons (Fsp3) is 0.524. The first-order valence-electron chi connectivity index (χ1n) is 9.42. The fourth-order valence-corrected chi connectivity index (χ4v) is 4.90. The molecule has 0 N–H and O–H groups in total. The van der Waals surface area contributed by atoms with E-state index in [-0.39, 0.29) is 22.2 Å². The molecule has 0 heterocycles. The molecule has 3 aliphatic carbocycles. The van der Waals surface area contributed by atoms with Crippen molar-refractivity contribution in [2.45, 2.75) is 58.0 Å². The molecule has 0 spiro atoms. The van der Waals surface area contributed by atoms with Crippen molar-refractivity contribution in [1.29, 1.82) is 0 Å². The van der Waals surface area contributed by atoms with E-state index in [0.29, 0.717) is 36.6 Å². The Kier molecular flexibility index (Phi) is 4.55. The van der Waals surface area contributed by atoms with Gasteiger partial charge in [0.25, 0.3) is 0 Å². The monoisotopic (exact) mass is 408 g/mol. The number of benzene rings is 1. The summed E-state index contributed by atoms with van der Waals surface area (Å²) in [6, 6.07) is 1.89. The van der Waals surface area contributed by atoms with Crippen molar-refractivity contribution in [2.75, 3.05) is 6.61 Å². The lowest BCUT2D eigenvalue weighted by Crippen LogP contribution is -2.51. The molecule has 1 aromatic rings. The van der Waals surface area contributed by atoms with Gasteiger partial charge in [-0.2, -0.15) is 0 Å². The summed E-state index contributed by atoms with van der Waals surface area (Å²) in [4.78, 5) is 24.4. The molecule has 1 aromatic carbocycles. The molecule has 27 heavy (non-hydrogen) atoms. The topological polar surface area (TPSA) is 52.6 Å². The molecule has 3 aliphatic rings. The maximum Gasteiger partial charge on any atom is 0.350 e. The molecule has 1 unspecified atom stereocenters. The van der Waals surface area contributed by atoms with Crippen LogP contribution in [0.3, 0.4) is 0 Å². The van der Waals surface area contributed by atoms with Gasteiger partial charge >= 0.3 is 5.97 Å². The molecule has 0 aromatic heterocycles. The lowest BCUT2D eigenvalue weighted by molar-refractivity contribution is -0.169. The van der Waals surface area contributed by atoms with Gasteiger partial charge < -0.3 is 9.47 Å². The van der Waals surface area contributed by atoms with E-state index in [0.717, 1.165) is 36.0 Å². The number of ether oxygens (including phenoxy) is 2. The molecule has 144 valence electrons. The summed E-state index contributed by atoms with van der Waals surface area (Å²) in [7, 11) is 0. The van der Waals surface area contributed by atoms with Crippen molar-refractivity contribution < 1.29 is 19.1 Å². The predicted molar refractivity (Wildman–Crippen MR) is 104 cm³/mol. The van der Waals surface area contributed by atoms with Crippen molar-refractivity contribution >= 4 is 40.5 Å². The second kappa shape index (κ2) is 6.52. The van der Waals surface area contributed by atoms with E-state index in [9.17, 15) is 9.59 Å². The van der Waals surface area contributed by atoms with E-state index in [4.69, 9.17) is 32.7 Å². The first-order valence-corrected chi connectivity index (χ1v) is 10.2. The van der Waals surface area contributed by atoms with Crippen molar-refractivity contribution in [3.63, 3.8) is 0 Å². The first kappa shape index (κ1) is 18.8. The summed E-state index contributed by atoms with van der Waals surface area (Å²) in [6.45, 7) is 4.24. The second-order valence-corrected chi connectivity index (χ2v) is 8.72.